The smallest absolute Gasteiger partial charge is 0.337 e. The van der Waals surface area contributed by atoms with Crippen molar-refractivity contribution < 1.29 is 19.4 Å². The van der Waals surface area contributed by atoms with Gasteiger partial charge in [-0.25, -0.2) is 14.6 Å². The average Bonchev–Trinajstić information content (AvgIpc) is 2.28. The van der Waals surface area contributed by atoms with Gasteiger partial charge in [0.15, 0.2) is 0 Å². The molecule has 1 aliphatic heterocycles. The highest BCUT2D eigenvalue weighted by molar-refractivity contribution is 5.87. The second-order valence-electron chi connectivity index (χ2n) is 3.73. The SMILES string of the molecule is COC(=O)C1CCN1c1ccc(C(=O)O)cn1. The van der Waals surface area contributed by atoms with E-state index < -0.39 is 5.97 Å². The van der Waals surface area contributed by atoms with Crippen LogP contribution in [-0.4, -0.2) is 41.7 Å². The van der Waals surface area contributed by atoms with Crippen molar-refractivity contribution in [1.82, 2.24) is 4.98 Å². The molecular formula is C11H12N2O4. The molecule has 1 saturated heterocycles. The molecule has 2 rings (SSSR count). The van der Waals surface area contributed by atoms with Crippen molar-refractivity contribution in [2.45, 2.75) is 12.5 Å². The number of carboxylic acids is 1. The number of nitrogens with zero attached hydrogens (tertiary/aromatic N) is 2. The van der Waals surface area contributed by atoms with Gasteiger partial charge in [-0.15, -0.1) is 0 Å². The fraction of sp³-hybridized carbons (Fsp3) is 0.364. The third kappa shape index (κ3) is 2.06. The molecule has 0 bridgehead atoms. The van der Waals surface area contributed by atoms with E-state index in [0.717, 1.165) is 13.0 Å². The molecule has 2 heterocycles. The molecular weight excluding hydrogens is 224 g/mol. The summed E-state index contributed by atoms with van der Waals surface area (Å²) in [4.78, 5) is 27.8. The molecule has 0 aliphatic carbocycles. The van der Waals surface area contributed by atoms with Crippen molar-refractivity contribution in [3.63, 3.8) is 0 Å². The van der Waals surface area contributed by atoms with Crippen LogP contribution in [0.2, 0.25) is 0 Å². The van der Waals surface area contributed by atoms with Gasteiger partial charge in [0, 0.05) is 12.7 Å². The number of hydrogen-bond donors (Lipinski definition) is 1. The van der Waals surface area contributed by atoms with Crippen LogP contribution in [0.15, 0.2) is 18.3 Å². The Morgan fingerprint density at radius 3 is 2.71 bits per heavy atom. The molecule has 0 amide bonds. The number of aromatic nitrogens is 1. The molecule has 1 aromatic heterocycles. The van der Waals surface area contributed by atoms with Gasteiger partial charge in [-0.05, 0) is 18.6 Å². The van der Waals surface area contributed by atoms with Crippen LogP contribution in [0.1, 0.15) is 16.8 Å². The highest BCUT2D eigenvalue weighted by Gasteiger charge is 2.35. The summed E-state index contributed by atoms with van der Waals surface area (Å²) in [6.45, 7) is 0.721. The number of aromatic carboxylic acids is 1. The van der Waals surface area contributed by atoms with Gasteiger partial charge in [-0.1, -0.05) is 0 Å². The van der Waals surface area contributed by atoms with Crippen LogP contribution in [0.5, 0.6) is 0 Å². The lowest BCUT2D eigenvalue weighted by atomic mass is 10.0. The molecule has 6 heteroatoms. The molecule has 1 unspecified atom stereocenters. The number of methoxy groups -OCH3 is 1. The van der Waals surface area contributed by atoms with Crippen molar-refractivity contribution in [3.8, 4) is 0 Å². The number of ether oxygens (including phenoxy) is 1. The van der Waals surface area contributed by atoms with Gasteiger partial charge in [-0.3, -0.25) is 0 Å². The van der Waals surface area contributed by atoms with Crippen molar-refractivity contribution in [2.24, 2.45) is 0 Å². The van der Waals surface area contributed by atoms with E-state index >= 15 is 0 Å². The monoisotopic (exact) mass is 236 g/mol. The summed E-state index contributed by atoms with van der Waals surface area (Å²) in [7, 11) is 1.35. The van der Waals surface area contributed by atoms with Gasteiger partial charge in [0.05, 0.1) is 12.7 Å². The minimum absolute atomic E-state index is 0.129. The molecule has 17 heavy (non-hydrogen) atoms. The van der Waals surface area contributed by atoms with E-state index in [0.29, 0.717) is 5.82 Å². The lowest BCUT2D eigenvalue weighted by Gasteiger charge is -2.39. The minimum Gasteiger partial charge on any atom is -0.478 e. The second-order valence-corrected chi connectivity index (χ2v) is 3.73. The van der Waals surface area contributed by atoms with Crippen molar-refractivity contribution in [2.75, 3.05) is 18.6 Å². The van der Waals surface area contributed by atoms with Gasteiger partial charge in [0.25, 0.3) is 0 Å². The summed E-state index contributed by atoms with van der Waals surface area (Å²) in [5.74, 6) is -0.714. The van der Waals surface area contributed by atoms with Crippen molar-refractivity contribution in [1.29, 1.82) is 0 Å². The first-order valence-corrected chi connectivity index (χ1v) is 5.17. The first-order valence-electron chi connectivity index (χ1n) is 5.17. The highest BCUT2D eigenvalue weighted by Crippen LogP contribution is 2.25. The zero-order chi connectivity index (χ0) is 12.4. The van der Waals surface area contributed by atoms with Crippen LogP contribution in [-0.2, 0) is 9.53 Å². The number of rotatable bonds is 3. The Morgan fingerprint density at radius 1 is 1.53 bits per heavy atom. The van der Waals surface area contributed by atoms with Gasteiger partial charge >= 0.3 is 11.9 Å². The van der Waals surface area contributed by atoms with E-state index in [1.807, 2.05) is 0 Å². The zero-order valence-electron chi connectivity index (χ0n) is 9.29. The second kappa shape index (κ2) is 4.40. The van der Waals surface area contributed by atoms with Gasteiger partial charge in [0.1, 0.15) is 11.9 Å². The Kier molecular flexibility index (Phi) is 2.95. The predicted octanol–water partition coefficient (Wildman–Crippen LogP) is 0.532. The van der Waals surface area contributed by atoms with E-state index in [2.05, 4.69) is 9.72 Å². The van der Waals surface area contributed by atoms with Crippen LogP contribution in [0, 0.1) is 0 Å². The number of carbonyl (C=O) groups excluding carboxylic acids is 1. The Bertz CT molecular complexity index is 443. The molecule has 1 atom stereocenters. The molecule has 0 aromatic carbocycles. The highest BCUT2D eigenvalue weighted by atomic mass is 16.5. The fourth-order valence-corrected chi connectivity index (χ4v) is 1.73. The van der Waals surface area contributed by atoms with Crippen LogP contribution < -0.4 is 4.90 Å². The van der Waals surface area contributed by atoms with Crippen LogP contribution in [0.3, 0.4) is 0 Å². The van der Waals surface area contributed by atoms with Crippen LogP contribution >= 0.6 is 0 Å². The minimum atomic E-state index is -1.02. The fourth-order valence-electron chi connectivity index (χ4n) is 1.73. The predicted molar refractivity (Wildman–Crippen MR) is 59.0 cm³/mol. The molecule has 0 saturated carbocycles. The number of carbonyl (C=O) groups is 2. The number of carboxylic acid groups (broad SMARTS) is 1. The van der Waals surface area contributed by atoms with Gasteiger partial charge in [0.2, 0.25) is 0 Å². The van der Waals surface area contributed by atoms with E-state index in [9.17, 15) is 9.59 Å². The van der Waals surface area contributed by atoms with Gasteiger partial charge in [-0.2, -0.15) is 0 Å². The first kappa shape index (κ1) is 11.4. The lowest BCUT2D eigenvalue weighted by molar-refractivity contribution is -0.143. The number of hydrogen-bond acceptors (Lipinski definition) is 5. The number of anilines is 1. The maximum Gasteiger partial charge on any atom is 0.337 e. The quantitative estimate of drug-likeness (QED) is 0.771. The summed E-state index contributed by atoms with van der Waals surface area (Å²) in [6.07, 6.45) is 2.01. The van der Waals surface area contributed by atoms with Gasteiger partial charge < -0.3 is 14.7 Å². The van der Waals surface area contributed by atoms with Crippen molar-refractivity contribution in [3.05, 3.63) is 23.9 Å². The normalized spacial score (nSPS) is 18.4. The van der Waals surface area contributed by atoms with E-state index in [4.69, 9.17) is 5.11 Å². The molecule has 0 radical (unpaired) electrons. The Hall–Kier alpha value is -2.11. The lowest BCUT2D eigenvalue weighted by Crippen LogP contribution is -2.53. The maximum absolute atomic E-state index is 11.4. The summed E-state index contributed by atoms with van der Waals surface area (Å²) in [5, 5.41) is 8.74. The molecule has 1 aliphatic rings. The number of esters is 1. The van der Waals surface area contributed by atoms with Crippen molar-refractivity contribution >= 4 is 17.8 Å². The molecule has 1 fully saturated rings. The molecule has 1 N–H and O–H groups in total. The van der Waals surface area contributed by atoms with E-state index in [1.54, 1.807) is 11.0 Å². The third-order valence-corrected chi connectivity index (χ3v) is 2.78. The molecule has 0 spiro atoms. The third-order valence-electron chi connectivity index (χ3n) is 2.78. The summed E-state index contributed by atoms with van der Waals surface area (Å²) in [5.41, 5.74) is 0.129. The molecule has 1 aromatic rings. The Balaban J connectivity index is 2.13. The van der Waals surface area contributed by atoms with E-state index in [1.165, 1.54) is 19.4 Å². The number of pyridine rings is 1. The molecule has 6 nitrogen and oxygen atoms in total. The van der Waals surface area contributed by atoms with Crippen LogP contribution in [0.25, 0.3) is 0 Å². The molecule has 90 valence electrons. The standard InChI is InChI=1S/C11H12N2O4/c1-17-11(16)8-4-5-13(8)9-3-2-7(6-12-9)10(14)15/h2-3,6,8H,4-5H2,1H3,(H,14,15). The topological polar surface area (TPSA) is 79.7 Å². The Morgan fingerprint density at radius 2 is 2.29 bits per heavy atom. The summed E-state index contributed by atoms with van der Waals surface area (Å²) < 4.78 is 4.67. The Labute approximate surface area is 97.8 Å². The first-order chi connectivity index (χ1) is 8.13. The maximum atomic E-state index is 11.4. The average molecular weight is 236 g/mol. The zero-order valence-corrected chi connectivity index (χ0v) is 9.29. The largest absolute Gasteiger partial charge is 0.478 e. The summed E-state index contributed by atoms with van der Waals surface area (Å²) in [6, 6.07) is 2.76. The van der Waals surface area contributed by atoms with Crippen LogP contribution in [0.4, 0.5) is 5.82 Å². The van der Waals surface area contributed by atoms with E-state index in [-0.39, 0.29) is 17.6 Å². The summed E-state index contributed by atoms with van der Waals surface area (Å²) >= 11 is 0.